The monoisotopic (exact) mass is 469 g/mol. The predicted octanol–water partition coefficient (Wildman–Crippen LogP) is 5.52. The summed E-state index contributed by atoms with van der Waals surface area (Å²) in [5.74, 6) is 0. The maximum atomic E-state index is 5.32. The van der Waals surface area contributed by atoms with Gasteiger partial charge in [-0.15, -0.1) is 0 Å². The molecule has 1 aromatic rings. The Kier molecular flexibility index (Phi) is 4.75. The van der Waals surface area contributed by atoms with Crippen LogP contribution in [0.4, 0.5) is 0 Å². The third-order valence-corrected chi connectivity index (χ3v) is 0.607. The van der Waals surface area contributed by atoms with E-state index < -0.39 is 12.2 Å². The van der Waals surface area contributed by atoms with Gasteiger partial charge in [0.25, 0.3) is 0 Å². The summed E-state index contributed by atoms with van der Waals surface area (Å²) >= 11 is -5.13. The largest absolute Gasteiger partial charge is 0.0622 e. The Morgan fingerprint density at radius 1 is 0.846 bits per heavy atom. The molecule has 0 aliphatic carbocycles. The molecular weight excluding hydrogens is 462 g/mol. The van der Waals surface area contributed by atoms with Crippen molar-refractivity contribution in [3.8, 4) is 0 Å². The van der Waals surface area contributed by atoms with Gasteiger partial charge in [-0.3, -0.25) is 0 Å². The zero-order valence-corrected chi connectivity index (χ0v) is 16.3. The van der Waals surface area contributed by atoms with Crippen LogP contribution in [0.3, 0.4) is 0 Å². The van der Waals surface area contributed by atoms with Crippen molar-refractivity contribution in [2.24, 2.45) is 0 Å². The third-order valence-electron chi connectivity index (χ3n) is 0.607. The van der Waals surface area contributed by atoms with Gasteiger partial charge in [-0.1, -0.05) is 30.3 Å². The maximum absolute atomic E-state index is 5.32. The van der Waals surface area contributed by atoms with E-state index in [-0.39, 0.29) is 0 Å². The van der Waals surface area contributed by atoms with Gasteiger partial charge >= 0.3 is 57.9 Å². The smallest absolute Gasteiger partial charge is 0.0184 e. The molecule has 0 fully saturated rings. The SMILES string of the molecule is [CH3][Hg]([Cl])([Cl])([Cl])([Cl])[Cl].[c]1ccccc1. The molecule has 0 aliphatic heterocycles. The predicted molar refractivity (Wildman–Crippen MR) is 60.4 cm³/mol. The molecule has 1 aromatic carbocycles. The summed E-state index contributed by atoms with van der Waals surface area (Å²) in [5, 5.41) is 0. The fourth-order valence-corrected chi connectivity index (χ4v) is 0.342. The standard InChI is InChI=1S/C6H5.CH3.5ClH.Hg/c1-2-4-6-5-3-1;;;;;;;/h1-5H;1H3;5*1H;/q;;;;;;;+5/p-5. The van der Waals surface area contributed by atoms with Crippen LogP contribution >= 0.6 is 41.2 Å². The van der Waals surface area contributed by atoms with E-state index in [2.05, 4.69) is 6.07 Å². The van der Waals surface area contributed by atoms with Gasteiger partial charge in [0.1, 0.15) is 0 Å². The van der Waals surface area contributed by atoms with E-state index in [1.54, 1.807) is 0 Å². The fraction of sp³-hybridized carbons (Fsp3) is 0.143. The summed E-state index contributed by atoms with van der Waals surface area (Å²) in [7, 11) is 26.6. The second-order valence-electron chi connectivity index (χ2n) is 3.42. The average Bonchev–Trinajstić information content (AvgIpc) is 1.84. The van der Waals surface area contributed by atoms with Crippen molar-refractivity contribution >= 4 is 41.2 Å². The van der Waals surface area contributed by atoms with E-state index in [4.69, 9.17) is 41.2 Å². The van der Waals surface area contributed by atoms with E-state index in [1.807, 2.05) is 30.3 Å². The first-order valence-corrected chi connectivity index (χ1v) is 43.3. The van der Waals surface area contributed by atoms with Crippen molar-refractivity contribution in [2.45, 2.75) is 4.43 Å². The second kappa shape index (κ2) is 4.23. The minimum atomic E-state index is -5.13. The van der Waals surface area contributed by atoms with Crippen LogP contribution in [-0.4, -0.2) is 0 Å². The molecular formula is C7H8Cl5Hg. The average molecular weight is 470 g/mol. The maximum Gasteiger partial charge on any atom is -0.0184 e. The summed E-state index contributed by atoms with van der Waals surface area (Å²) in [4.78, 5) is 0. The van der Waals surface area contributed by atoms with Crippen LogP contribution in [0.2, 0.25) is 4.43 Å². The molecule has 1 radical (unpaired) electrons. The first-order valence-electron chi connectivity index (χ1n) is 3.95. The van der Waals surface area contributed by atoms with Crippen molar-refractivity contribution in [3.05, 3.63) is 36.4 Å². The Labute approximate surface area is 93.0 Å². The molecule has 73 valence electrons. The minimum Gasteiger partial charge on any atom is -0.0622 e. The Morgan fingerprint density at radius 2 is 1.15 bits per heavy atom. The summed E-state index contributed by atoms with van der Waals surface area (Å²) in [6.45, 7) is 0. The topological polar surface area (TPSA) is 0 Å². The van der Waals surface area contributed by atoms with Gasteiger partial charge in [0.15, 0.2) is 0 Å². The van der Waals surface area contributed by atoms with E-state index in [0.29, 0.717) is 0 Å². The van der Waals surface area contributed by atoms with Crippen LogP contribution in [0, 0.1) is 6.07 Å². The molecule has 0 atom stereocenters. The zero-order valence-electron chi connectivity index (χ0n) is 6.98. The number of rotatable bonds is 0. The Morgan fingerprint density at radius 3 is 1.23 bits per heavy atom. The summed E-state index contributed by atoms with van der Waals surface area (Å²) in [6, 6.07) is 12.5. The number of halogens is 5. The molecule has 0 amide bonds. The van der Waals surface area contributed by atoms with Crippen molar-refractivity contribution < 1.29 is 12.2 Å². The van der Waals surface area contributed by atoms with Crippen LogP contribution in [0.15, 0.2) is 30.3 Å². The van der Waals surface area contributed by atoms with Crippen LogP contribution in [0.5, 0.6) is 0 Å². The van der Waals surface area contributed by atoms with Crippen LogP contribution in [-0.2, 0) is 12.2 Å². The number of hydrogen-bond donors (Lipinski definition) is 0. The van der Waals surface area contributed by atoms with Gasteiger partial charge in [-0.05, 0) is 6.07 Å². The molecule has 6 heteroatoms. The van der Waals surface area contributed by atoms with E-state index in [9.17, 15) is 0 Å². The molecule has 13 heavy (non-hydrogen) atoms. The van der Waals surface area contributed by atoms with E-state index in [0.717, 1.165) is 0 Å². The summed E-state index contributed by atoms with van der Waals surface area (Å²) in [6.07, 6.45) is 0. The summed E-state index contributed by atoms with van der Waals surface area (Å²) < 4.78 is 1.28. The van der Waals surface area contributed by atoms with Crippen molar-refractivity contribution in [2.75, 3.05) is 0 Å². The van der Waals surface area contributed by atoms with Gasteiger partial charge in [-0.2, -0.15) is 0 Å². The molecule has 0 nitrogen and oxygen atoms in total. The molecule has 0 heterocycles. The first-order chi connectivity index (χ1) is 5.45. The summed E-state index contributed by atoms with van der Waals surface area (Å²) in [5.41, 5.74) is 0. The quantitative estimate of drug-likeness (QED) is 0.439. The number of hydrogen-bond acceptors (Lipinski definition) is 0. The second-order valence-corrected chi connectivity index (χ2v) is 116. The Hall–Kier alpha value is 1.61. The normalized spacial score (nSPS) is 13.4. The Bertz CT molecular complexity index is 209. The van der Waals surface area contributed by atoms with E-state index >= 15 is 0 Å². The molecule has 0 aliphatic rings. The van der Waals surface area contributed by atoms with Gasteiger partial charge in [-0.25, -0.2) is 0 Å². The van der Waals surface area contributed by atoms with E-state index in [1.165, 1.54) is 4.43 Å². The third kappa shape index (κ3) is 31.7. The van der Waals surface area contributed by atoms with Crippen molar-refractivity contribution in [1.82, 2.24) is 0 Å². The fourth-order valence-electron chi connectivity index (χ4n) is 0.342. The molecule has 0 spiro atoms. The van der Waals surface area contributed by atoms with Crippen molar-refractivity contribution in [3.63, 3.8) is 0 Å². The molecule has 0 bridgehead atoms. The van der Waals surface area contributed by atoms with Crippen molar-refractivity contribution in [1.29, 1.82) is 0 Å². The molecule has 1 rings (SSSR count). The minimum absolute atomic E-state index is 1.28. The van der Waals surface area contributed by atoms with Gasteiger partial charge in [0.05, 0.1) is 0 Å². The number of benzene rings is 1. The van der Waals surface area contributed by atoms with Gasteiger partial charge in [0, 0.05) is 0 Å². The Balaban J connectivity index is 0.000000223. The molecule has 0 unspecified atom stereocenters. The van der Waals surface area contributed by atoms with Gasteiger partial charge in [0.2, 0.25) is 0 Å². The zero-order chi connectivity index (χ0) is 10.7. The van der Waals surface area contributed by atoms with Crippen LogP contribution < -0.4 is 0 Å². The first kappa shape index (κ1) is 14.6. The van der Waals surface area contributed by atoms with Gasteiger partial charge < -0.3 is 0 Å². The molecule has 0 saturated heterocycles. The van der Waals surface area contributed by atoms with Crippen LogP contribution in [0.1, 0.15) is 0 Å². The van der Waals surface area contributed by atoms with Crippen LogP contribution in [0.25, 0.3) is 0 Å². The molecule has 0 N–H and O–H groups in total. The molecule has 0 aromatic heterocycles. The molecule has 0 saturated carbocycles.